The molecule has 0 bridgehead atoms. The smallest absolute Gasteiger partial charge is 0.316 e. The molecule has 1 atom stereocenters. The zero-order valence-corrected chi connectivity index (χ0v) is 7.21. The molecule has 0 amide bonds. The van der Waals surface area contributed by atoms with Crippen LogP contribution >= 0.6 is 12.6 Å². The van der Waals surface area contributed by atoms with E-state index >= 15 is 0 Å². The Morgan fingerprint density at radius 2 is 2.45 bits per heavy atom. The summed E-state index contributed by atoms with van der Waals surface area (Å²) >= 11 is 3.82. The zero-order valence-electron chi connectivity index (χ0n) is 6.32. The number of carboxylic acid groups (broad SMARTS) is 1. The minimum Gasteiger partial charge on any atom is -0.480 e. The number of carboxylic acids is 1. The highest BCUT2D eigenvalue weighted by Crippen LogP contribution is 2.09. The highest BCUT2D eigenvalue weighted by molar-refractivity contribution is 7.81. The van der Waals surface area contributed by atoms with Crippen LogP contribution in [0.2, 0.25) is 0 Å². The lowest BCUT2D eigenvalue weighted by Crippen LogP contribution is -2.13. The van der Waals surface area contributed by atoms with Crippen molar-refractivity contribution in [3.63, 3.8) is 0 Å². The first-order chi connectivity index (χ1) is 5.07. The van der Waals surface area contributed by atoms with Crippen LogP contribution in [-0.4, -0.2) is 22.5 Å². The molecule has 0 unspecified atom stereocenters. The fourth-order valence-electron chi connectivity index (χ4n) is 0.546. The van der Waals surface area contributed by atoms with E-state index in [4.69, 9.17) is 5.11 Å². The van der Waals surface area contributed by atoms with E-state index in [-0.39, 0.29) is 6.42 Å². The molecule has 0 rings (SSSR count). The Morgan fingerprint density at radius 3 is 2.82 bits per heavy atom. The van der Waals surface area contributed by atoms with Gasteiger partial charge in [0.2, 0.25) is 0 Å². The molecule has 0 aliphatic carbocycles. The van der Waals surface area contributed by atoms with Crippen LogP contribution in [0.25, 0.3) is 0 Å². The largest absolute Gasteiger partial charge is 0.480 e. The molecule has 11 heavy (non-hydrogen) atoms. The Kier molecular flexibility index (Phi) is 4.61. The van der Waals surface area contributed by atoms with Gasteiger partial charge < -0.3 is 5.11 Å². The maximum atomic E-state index is 10.3. The van der Waals surface area contributed by atoms with Gasteiger partial charge in [-0.2, -0.15) is 12.6 Å². The van der Waals surface area contributed by atoms with Crippen LogP contribution in [0, 0.1) is 0 Å². The van der Waals surface area contributed by atoms with Crippen molar-refractivity contribution >= 4 is 24.8 Å². The van der Waals surface area contributed by atoms with Gasteiger partial charge in [0.05, 0.1) is 0 Å². The van der Waals surface area contributed by atoms with E-state index in [2.05, 4.69) is 24.2 Å². The summed E-state index contributed by atoms with van der Waals surface area (Å²) in [7, 11) is 0. The van der Waals surface area contributed by atoms with Gasteiger partial charge in [0.1, 0.15) is 5.25 Å². The summed E-state index contributed by atoms with van der Waals surface area (Å²) in [6, 6.07) is 0. The van der Waals surface area contributed by atoms with Crippen molar-refractivity contribution in [2.45, 2.75) is 18.6 Å². The quantitative estimate of drug-likeness (QED) is 0.498. The van der Waals surface area contributed by atoms with Crippen molar-refractivity contribution in [2.24, 2.45) is 4.99 Å². The molecule has 0 saturated carbocycles. The average molecular weight is 173 g/mol. The minimum absolute atomic E-state index is 0.281. The molecule has 0 fully saturated rings. The number of nitrogens with zero attached hydrogens (tertiary/aromatic N) is 1. The minimum atomic E-state index is -0.944. The van der Waals surface area contributed by atoms with Crippen LogP contribution in [0.15, 0.2) is 17.3 Å². The van der Waals surface area contributed by atoms with Gasteiger partial charge in [-0.15, -0.1) is 0 Å². The first-order valence-corrected chi connectivity index (χ1v) is 3.67. The van der Waals surface area contributed by atoms with Gasteiger partial charge in [0, 0.05) is 18.3 Å². The van der Waals surface area contributed by atoms with E-state index in [0.29, 0.717) is 5.70 Å². The number of aliphatic carboxylic acids is 1. The van der Waals surface area contributed by atoms with Crippen molar-refractivity contribution in [1.82, 2.24) is 0 Å². The Balaban J connectivity index is 3.85. The van der Waals surface area contributed by atoms with Gasteiger partial charge >= 0.3 is 5.97 Å². The zero-order chi connectivity index (χ0) is 8.85. The first kappa shape index (κ1) is 10.2. The molecule has 3 nitrogen and oxygen atoms in total. The van der Waals surface area contributed by atoms with Gasteiger partial charge in [-0.05, 0) is 6.92 Å². The van der Waals surface area contributed by atoms with Crippen molar-refractivity contribution in [3.8, 4) is 0 Å². The maximum absolute atomic E-state index is 10.3. The number of allylic oxidation sites excluding steroid dienone is 1. The lowest BCUT2D eigenvalue weighted by molar-refractivity contribution is -0.136. The van der Waals surface area contributed by atoms with Gasteiger partial charge in [0.25, 0.3) is 0 Å². The van der Waals surface area contributed by atoms with Crippen LogP contribution in [-0.2, 0) is 4.79 Å². The van der Waals surface area contributed by atoms with E-state index in [1.54, 1.807) is 13.1 Å². The fourth-order valence-corrected chi connectivity index (χ4v) is 0.757. The molecule has 0 aromatic heterocycles. The predicted octanol–water partition coefficient (Wildman–Crippen LogP) is 1.36. The molecule has 0 spiro atoms. The summed E-state index contributed by atoms with van der Waals surface area (Å²) in [4.78, 5) is 14.1. The molecule has 0 aromatic rings. The Hall–Kier alpha value is -0.770. The van der Waals surface area contributed by atoms with E-state index in [0.717, 1.165) is 0 Å². The van der Waals surface area contributed by atoms with Crippen molar-refractivity contribution in [2.75, 3.05) is 0 Å². The normalized spacial score (nSPS) is 13.3. The molecule has 0 radical (unpaired) electrons. The number of thiol groups is 1. The predicted molar refractivity (Wildman–Crippen MR) is 48.3 cm³/mol. The van der Waals surface area contributed by atoms with Crippen LogP contribution in [0.5, 0.6) is 0 Å². The Bertz CT molecular complexity index is 189. The summed E-state index contributed by atoms with van der Waals surface area (Å²) in [5.74, 6) is -0.944. The lowest BCUT2D eigenvalue weighted by Gasteiger charge is -2.02. The Labute approximate surface area is 71.2 Å². The molecule has 0 aliphatic heterocycles. The van der Waals surface area contributed by atoms with Gasteiger partial charge in [-0.3, -0.25) is 9.79 Å². The van der Waals surface area contributed by atoms with Gasteiger partial charge in [-0.25, -0.2) is 0 Å². The van der Waals surface area contributed by atoms with Crippen LogP contribution in [0.4, 0.5) is 0 Å². The van der Waals surface area contributed by atoms with Crippen LogP contribution < -0.4 is 0 Å². The number of hydrogen-bond donors (Lipinski definition) is 2. The third kappa shape index (κ3) is 4.61. The first-order valence-electron chi connectivity index (χ1n) is 3.15. The number of carbonyl (C=O) groups is 1. The van der Waals surface area contributed by atoms with E-state index in [9.17, 15) is 4.79 Å². The highest BCUT2D eigenvalue weighted by atomic mass is 32.1. The highest BCUT2D eigenvalue weighted by Gasteiger charge is 2.12. The summed E-state index contributed by atoms with van der Waals surface area (Å²) in [5.41, 5.74) is 0.537. The summed E-state index contributed by atoms with van der Waals surface area (Å²) in [6.07, 6.45) is 1.85. The summed E-state index contributed by atoms with van der Waals surface area (Å²) in [6.45, 7) is 5.31. The standard InChI is InChI=1S/C7H11NO2S/c1-3-8-5(2)4-6(11)7(9)10/h3,6,11H,2,4H2,1H3,(H,9,10)/t6-/m0/s1. The Morgan fingerprint density at radius 1 is 1.91 bits per heavy atom. The maximum Gasteiger partial charge on any atom is 0.316 e. The van der Waals surface area contributed by atoms with Crippen molar-refractivity contribution in [1.29, 1.82) is 0 Å². The second kappa shape index (κ2) is 4.96. The molecular formula is C7H11NO2S. The fraction of sp³-hybridized carbons (Fsp3) is 0.429. The second-order valence-corrected chi connectivity index (χ2v) is 2.64. The SMILES string of the molecule is C=C(C[C@H](S)C(=O)O)N=CC. The topological polar surface area (TPSA) is 49.7 Å². The van der Waals surface area contributed by atoms with Crippen molar-refractivity contribution < 1.29 is 9.90 Å². The summed E-state index contributed by atoms with van der Waals surface area (Å²) in [5, 5.41) is 7.73. The number of rotatable bonds is 4. The molecule has 0 heterocycles. The summed E-state index contributed by atoms with van der Waals surface area (Å²) < 4.78 is 0. The molecule has 1 N–H and O–H groups in total. The molecule has 0 saturated heterocycles. The third-order valence-corrected chi connectivity index (χ3v) is 1.43. The average Bonchev–Trinajstić information content (AvgIpc) is 1.87. The van der Waals surface area contributed by atoms with Gasteiger partial charge in [0.15, 0.2) is 0 Å². The molecule has 62 valence electrons. The third-order valence-electron chi connectivity index (χ3n) is 1.03. The van der Waals surface area contributed by atoms with E-state index < -0.39 is 11.2 Å². The lowest BCUT2D eigenvalue weighted by atomic mass is 10.2. The van der Waals surface area contributed by atoms with Crippen LogP contribution in [0.1, 0.15) is 13.3 Å². The van der Waals surface area contributed by atoms with Gasteiger partial charge in [-0.1, -0.05) is 6.58 Å². The van der Waals surface area contributed by atoms with E-state index in [1.165, 1.54) is 0 Å². The van der Waals surface area contributed by atoms with E-state index in [1.807, 2.05) is 0 Å². The molecule has 0 aromatic carbocycles. The molecule has 4 heteroatoms. The molecule has 0 aliphatic rings. The number of hydrogen-bond acceptors (Lipinski definition) is 3. The molecular weight excluding hydrogens is 162 g/mol. The monoisotopic (exact) mass is 173 g/mol. The second-order valence-electron chi connectivity index (χ2n) is 2.01. The number of aliphatic imine (C=N–C) groups is 1. The van der Waals surface area contributed by atoms with Crippen molar-refractivity contribution in [3.05, 3.63) is 12.3 Å². The van der Waals surface area contributed by atoms with Crippen LogP contribution in [0.3, 0.4) is 0 Å².